The highest BCUT2D eigenvalue weighted by Gasteiger charge is 2.28. The van der Waals surface area contributed by atoms with Crippen LogP contribution >= 0.6 is 27.5 Å². The van der Waals surface area contributed by atoms with E-state index in [-0.39, 0.29) is 16.3 Å². The third-order valence-corrected chi connectivity index (χ3v) is 8.18. The van der Waals surface area contributed by atoms with Gasteiger partial charge >= 0.3 is 0 Å². The second-order valence-electron chi connectivity index (χ2n) is 8.33. The molecule has 0 unspecified atom stereocenters. The number of rotatable bonds is 11. The smallest absolute Gasteiger partial charge is 0.264 e. The van der Waals surface area contributed by atoms with E-state index in [0.717, 1.165) is 8.78 Å². The molecule has 1 amide bonds. The van der Waals surface area contributed by atoms with Crippen LogP contribution < -0.4 is 23.8 Å². The Labute approximate surface area is 246 Å². The van der Waals surface area contributed by atoms with Crippen LogP contribution in [0.25, 0.3) is 0 Å². The lowest BCUT2D eigenvalue weighted by Gasteiger charge is -2.24. The van der Waals surface area contributed by atoms with Gasteiger partial charge in [-0.1, -0.05) is 39.7 Å². The van der Waals surface area contributed by atoms with Crippen molar-refractivity contribution >= 4 is 54.8 Å². The minimum atomic E-state index is -4.12. The average Bonchev–Trinajstić information content (AvgIpc) is 2.94. The molecular weight excluding hydrogens is 620 g/mol. The average molecular weight is 646 g/mol. The number of nitrogens with one attached hydrogen (secondary N) is 1. The van der Waals surface area contributed by atoms with Crippen LogP contribution in [0, 0.1) is 0 Å². The summed E-state index contributed by atoms with van der Waals surface area (Å²) in [5.41, 5.74) is 0.550. The van der Waals surface area contributed by atoms with Crippen LogP contribution in [0.15, 0.2) is 100 Å². The number of methoxy groups -OCH3 is 1. The Kier molecular flexibility index (Phi) is 9.57. The van der Waals surface area contributed by atoms with Gasteiger partial charge < -0.3 is 19.5 Å². The highest BCUT2D eigenvalue weighted by Crippen LogP contribution is 2.36. The second-order valence-corrected chi connectivity index (χ2v) is 11.5. The maximum atomic E-state index is 13.7. The predicted octanol–water partition coefficient (Wildman–Crippen LogP) is 7.14. The third-order valence-electron chi connectivity index (χ3n) is 5.63. The molecule has 0 aromatic heterocycles. The molecule has 4 rings (SSSR count). The summed E-state index contributed by atoms with van der Waals surface area (Å²) >= 11 is 9.54. The Morgan fingerprint density at radius 2 is 1.60 bits per heavy atom. The number of anilines is 2. The molecule has 0 spiro atoms. The van der Waals surface area contributed by atoms with Crippen molar-refractivity contribution in [2.75, 3.05) is 29.9 Å². The fourth-order valence-corrected chi connectivity index (χ4v) is 5.61. The van der Waals surface area contributed by atoms with E-state index in [9.17, 15) is 13.2 Å². The van der Waals surface area contributed by atoms with Gasteiger partial charge in [-0.2, -0.15) is 0 Å². The van der Waals surface area contributed by atoms with E-state index in [0.29, 0.717) is 34.6 Å². The first-order valence-corrected chi connectivity index (χ1v) is 14.7. The molecule has 0 radical (unpaired) electrons. The van der Waals surface area contributed by atoms with Gasteiger partial charge in [0.25, 0.3) is 10.0 Å². The van der Waals surface area contributed by atoms with E-state index in [1.807, 2.05) is 6.92 Å². The topological polar surface area (TPSA) is 94.2 Å². The minimum absolute atomic E-state index is 0.0281. The number of nitrogens with zero attached hydrogens (tertiary/aromatic N) is 1. The number of hydrogen-bond donors (Lipinski definition) is 1. The lowest BCUT2D eigenvalue weighted by Crippen LogP contribution is -2.38. The van der Waals surface area contributed by atoms with Crippen molar-refractivity contribution in [2.24, 2.45) is 0 Å². The SMILES string of the molecule is CCOc1ccc(N(CC(=O)Nc2cc(Cl)ccc2Oc2ccccc2OC)S(=O)(=O)c2ccc(Br)cc2)cc1. The van der Waals surface area contributed by atoms with Crippen molar-refractivity contribution in [1.29, 1.82) is 0 Å². The number of halogens is 2. The number of sulfonamides is 1. The van der Waals surface area contributed by atoms with Crippen LogP contribution in [0.5, 0.6) is 23.0 Å². The largest absolute Gasteiger partial charge is 0.494 e. The van der Waals surface area contributed by atoms with E-state index in [2.05, 4.69) is 21.2 Å². The second kappa shape index (κ2) is 13.1. The Balaban J connectivity index is 1.65. The zero-order valence-electron chi connectivity index (χ0n) is 21.6. The van der Waals surface area contributed by atoms with Crippen LogP contribution in [0.3, 0.4) is 0 Å². The molecule has 0 atom stereocenters. The van der Waals surface area contributed by atoms with Crippen molar-refractivity contribution in [1.82, 2.24) is 0 Å². The van der Waals surface area contributed by atoms with Gasteiger partial charge in [0.15, 0.2) is 17.2 Å². The maximum Gasteiger partial charge on any atom is 0.264 e. The van der Waals surface area contributed by atoms with Crippen LogP contribution in [-0.4, -0.2) is 34.6 Å². The lowest BCUT2D eigenvalue weighted by molar-refractivity contribution is -0.114. The van der Waals surface area contributed by atoms with Gasteiger partial charge in [0, 0.05) is 9.50 Å². The summed E-state index contributed by atoms with van der Waals surface area (Å²) in [6.45, 7) is 1.79. The van der Waals surface area contributed by atoms with Gasteiger partial charge in [0.05, 0.1) is 30.0 Å². The molecule has 0 aliphatic carbocycles. The summed E-state index contributed by atoms with van der Waals surface area (Å²) in [6.07, 6.45) is 0. The third kappa shape index (κ3) is 7.07. The summed E-state index contributed by atoms with van der Waals surface area (Å²) < 4.78 is 46.0. The Hall–Kier alpha value is -3.73. The van der Waals surface area contributed by atoms with Gasteiger partial charge in [0.2, 0.25) is 5.91 Å². The summed E-state index contributed by atoms with van der Waals surface area (Å²) in [5.74, 6) is 1.19. The van der Waals surface area contributed by atoms with Crippen LogP contribution in [0.2, 0.25) is 5.02 Å². The number of hydrogen-bond acceptors (Lipinski definition) is 6. The molecule has 208 valence electrons. The molecule has 0 aliphatic rings. The van der Waals surface area contributed by atoms with Gasteiger partial charge in [-0.15, -0.1) is 0 Å². The number of benzene rings is 4. The highest BCUT2D eigenvalue weighted by molar-refractivity contribution is 9.10. The van der Waals surface area contributed by atoms with Gasteiger partial charge in [0.1, 0.15) is 12.3 Å². The number of carbonyl (C=O) groups is 1. The molecule has 0 saturated carbocycles. The number of carbonyl (C=O) groups excluding carboxylic acids is 1. The molecule has 1 N–H and O–H groups in total. The first-order chi connectivity index (χ1) is 19.2. The molecule has 0 bridgehead atoms. The van der Waals surface area contributed by atoms with E-state index in [1.165, 1.54) is 25.3 Å². The molecule has 11 heteroatoms. The fourth-order valence-electron chi connectivity index (χ4n) is 3.75. The van der Waals surface area contributed by atoms with Crippen LogP contribution in [0.1, 0.15) is 6.92 Å². The van der Waals surface area contributed by atoms with Crippen LogP contribution in [0.4, 0.5) is 11.4 Å². The van der Waals surface area contributed by atoms with E-state index >= 15 is 0 Å². The molecule has 4 aromatic carbocycles. The molecule has 0 heterocycles. The fraction of sp³-hybridized carbons (Fsp3) is 0.138. The molecule has 4 aromatic rings. The summed E-state index contributed by atoms with van der Waals surface area (Å²) in [5, 5.41) is 3.10. The molecular formula is C29H26BrClN2O6S. The summed E-state index contributed by atoms with van der Waals surface area (Å²) in [7, 11) is -2.60. The monoisotopic (exact) mass is 644 g/mol. The maximum absolute atomic E-state index is 13.7. The molecule has 0 aliphatic heterocycles. The highest BCUT2D eigenvalue weighted by atomic mass is 79.9. The molecule has 40 heavy (non-hydrogen) atoms. The van der Waals surface area contributed by atoms with Crippen molar-refractivity contribution in [3.8, 4) is 23.0 Å². The molecule has 0 fully saturated rings. The van der Waals surface area contributed by atoms with E-state index < -0.39 is 22.5 Å². The first-order valence-electron chi connectivity index (χ1n) is 12.1. The predicted molar refractivity (Wildman–Crippen MR) is 159 cm³/mol. The van der Waals surface area contributed by atoms with Crippen molar-refractivity contribution in [2.45, 2.75) is 11.8 Å². The number of para-hydroxylation sites is 2. The van der Waals surface area contributed by atoms with Crippen molar-refractivity contribution in [3.63, 3.8) is 0 Å². The van der Waals surface area contributed by atoms with Crippen molar-refractivity contribution < 1.29 is 27.4 Å². The van der Waals surface area contributed by atoms with Gasteiger partial charge in [-0.3, -0.25) is 9.10 Å². The quantitative estimate of drug-likeness (QED) is 0.186. The minimum Gasteiger partial charge on any atom is -0.494 e. The first kappa shape index (κ1) is 29.3. The Morgan fingerprint density at radius 3 is 2.25 bits per heavy atom. The zero-order chi connectivity index (χ0) is 28.7. The van der Waals surface area contributed by atoms with E-state index in [1.54, 1.807) is 72.8 Å². The summed E-state index contributed by atoms with van der Waals surface area (Å²) in [4.78, 5) is 13.4. The number of ether oxygens (including phenoxy) is 3. The Bertz CT molecular complexity index is 1580. The standard InChI is InChI=1S/C29H26BrClN2O6S/c1-3-38-23-13-11-22(12-14-23)33(40(35,36)24-15-8-20(30)9-16-24)19-29(34)32-25-18-21(31)10-17-26(25)39-28-7-5-4-6-27(28)37-2/h4-18H,3,19H2,1-2H3,(H,32,34). The zero-order valence-corrected chi connectivity index (χ0v) is 24.8. The van der Waals surface area contributed by atoms with Gasteiger partial charge in [-0.25, -0.2) is 8.42 Å². The van der Waals surface area contributed by atoms with Crippen molar-refractivity contribution in [3.05, 3.63) is 100 Å². The Morgan fingerprint density at radius 1 is 0.925 bits per heavy atom. The lowest BCUT2D eigenvalue weighted by atomic mass is 10.2. The normalized spacial score (nSPS) is 11.0. The molecule has 0 saturated heterocycles. The number of amides is 1. The summed E-state index contributed by atoms with van der Waals surface area (Å²) in [6, 6.07) is 24.4. The van der Waals surface area contributed by atoms with Gasteiger partial charge in [-0.05, 0) is 85.8 Å². The van der Waals surface area contributed by atoms with Crippen LogP contribution in [-0.2, 0) is 14.8 Å². The molecule has 8 nitrogen and oxygen atoms in total. The van der Waals surface area contributed by atoms with E-state index in [4.69, 9.17) is 25.8 Å².